The van der Waals surface area contributed by atoms with Crippen molar-refractivity contribution in [2.45, 2.75) is 20.8 Å². The topological polar surface area (TPSA) is 23.1 Å². The van der Waals surface area contributed by atoms with Crippen LogP contribution in [0.4, 0.5) is 0 Å². The van der Waals surface area contributed by atoms with E-state index < -0.39 is 0 Å². The molecule has 0 aromatic heterocycles. The van der Waals surface area contributed by atoms with Crippen LogP contribution in [0.5, 0.6) is 0 Å². The lowest BCUT2D eigenvalue weighted by Gasteiger charge is -2.27. The summed E-state index contributed by atoms with van der Waals surface area (Å²) in [5.74, 6) is 0. The van der Waals surface area contributed by atoms with Gasteiger partial charge in [-0.1, -0.05) is 59.3 Å². The molecular weight excluding hydrogens is 179 g/mol. The van der Waals surface area contributed by atoms with Crippen molar-refractivity contribution in [2.75, 3.05) is 0 Å². The van der Waals surface area contributed by atoms with Crippen LogP contribution in [0, 0.1) is 5.41 Å². The molecule has 0 saturated carbocycles. The summed E-state index contributed by atoms with van der Waals surface area (Å²) in [6.45, 7) is 5.85. The number of benzene rings is 1. The second-order valence-electron chi connectivity index (χ2n) is 4.00. The van der Waals surface area contributed by atoms with E-state index in [1.54, 1.807) is 0 Å². The Morgan fingerprint density at radius 3 is 2.15 bits per heavy atom. The molecule has 0 heterocycles. The van der Waals surface area contributed by atoms with Crippen LogP contribution in [0.3, 0.4) is 0 Å². The summed E-state index contributed by atoms with van der Waals surface area (Å²) in [7, 11) is 0.801. The zero-order valence-electron chi connectivity index (χ0n) is 8.24. The molecule has 0 bridgehead atoms. The van der Waals surface area contributed by atoms with Crippen LogP contribution in [0.2, 0.25) is 0 Å². The SMILES string of the molecule is CC(C)(C)C([O-])=Pc1ccccc1. The van der Waals surface area contributed by atoms with E-state index in [4.69, 9.17) is 0 Å². The van der Waals surface area contributed by atoms with Crippen LogP contribution in [0.1, 0.15) is 20.8 Å². The predicted octanol–water partition coefficient (Wildman–Crippen LogP) is 1.79. The highest BCUT2D eigenvalue weighted by Crippen LogP contribution is 2.17. The Labute approximate surface area is 81.2 Å². The molecule has 0 N–H and O–H groups in total. The first kappa shape index (κ1) is 10.4. The second kappa shape index (κ2) is 4.04. The number of rotatable bonds is 1. The van der Waals surface area contributed by atoms with Gasteiger partial charge in [-0.15, -0.1) is 5.48 Å². The fourth-order valence-electron chi connectivity index (χ4n) is 0.787. The Balaban J connectivity index is 2.90. The van der Waals surface area contributed by atoms with Crippen LogP contribution in [-0.2, 0) is 0 Å². The maximum atomic E-state index is 11.6. The van der Waals surface area contributed by atoms with Gasteiger partial charge in [0, 0.05) is 5.30 Å². The lowest BCUT2D eigenvalue weighted by molar-refractivity contribution is -0.222. The molecule has 1 aromatic carbocycles. The van der Waals surface area contributed by atoms with Gasteiger partial charge < -0.3 is 5.11 Å². The van der Waals surface area contributed by atoms with Gasteiger partial charge in [0.05, 0.1) is 0 Å². The Bertz CT molecular complexity index is 296. The van der Waals surface area contributed by atoms with Crippen molar-refractivity contribution in [2.24, 2.45) is 5.41 Å². The van der Waals surface area contributed by atoms with E-state index in [2.05, 4.69) is 0 Å². The highest BCUT2D eigenvalue weighted by Gasteiger charge is 2.07. The van der Waals surface area contributed by atoms with E-state index in [1.807, 2.05) is 51.1 Å². The minimum Gasteiger partial charge on any atom is -0.827 e. The molecule has 0 aliphatic carbocycles. The molecule has 0 radical (unpaired) electrons. The van der Waals surface area contributed by atoms with Gasteiger partial charge >= 0.3 is 0 Å². The standard InChI is InChI=1S/C11H15OP/c1-11(2,3)10(12)13-9-7-5-4-6-8-9/h4-8,12H,1-3H3/p-1. The molecule has 13 heavy (non-hydrogen) atoms. The summed E-state index contributed by atoms with van der Waals surface area (Å²) in [5.41, 5.74) is 0.0240. The van der Waals surface area contributed by atoms with E-state index >= 15 is 0 Å². The van der Waals surface area contributed by atoms with Gasteiger partial charge in [-0.25, -0.2) is 0 Å². The van der Waals surface area contributed by atoms with E-state index in [9.17, 15) is 5.11 Å². The third kappa shape index (κ3) is 3.30. The van der Waals surface area contributed by atoms with Gasteiger partial charge in [0.25, 0.3) is 0 Å². The summed E-state index contributed by atoms with van der Waals surface area (Å²) in [6, 6.07) is 9.83. The molecule has 1 aromatic rings. The third-order valence-electron chi connectivity index (χ3n) is 1.63. The molecule has 0 atom stereocenters. The van der Waals surface area contributed by atoms with Crippen molar-refractivity contribution >= 4 is 19.0 Å². The molecule has 0 unspecified atom stereocenters. The average Bonchev–Trinajstić information content (AvgIpc) is 2.04. The van der Waals surface area contributed by atoms with E-state index in [-0.39, 0.29) is 10.9 Å². The van der Waals surface area contributed by atoms with E-state index in [0.29, 0.717) is 0 Å². The van der Waals surface area contributed by atoms with Gasteiger partial charge in [0.1, 0.15) is 0 Å². The van der Waals surface area contributed by atoms with E-state index in [0.717, 1.165) is 13.5 Å². The summed E-state index contributed by atoms with van der Waals surface area (Å²) < 4.78 is 0. The lowest BCUT2D eigenvalue weighted by atomic mass is 9.99. The molecule has 0 aliphatic heterocycles. The molecule has 2 heteroatoms. The van der Waals surface area contributed by atoms with Crippen molar-refractivity contribution in [3.63, 3.8) is 0 Å². The van der Waals surface area contributed by atoms with Crippen molar-refractivity contribution in [1.82, 2.24) is 0 Å². The summed E-state index contributed by atoms with van der Waals surface area (Å²) in [5, 5.41) is 12.7. The summed E-state index contributed by atoms with van der Waals surface area (Å²) >= 11 is 0. The van der Waals surface area contributed by atoms with Gasteiger partial charge in [-0.2, -0.15) is 0 Å². The normalized spacial score (nSPS) is 13.1. The largest absolute Gasteiger partial charge is 0.827 e. The Hall–Kier alpha value is -0.650. The fraction of sp³-hybridized carbons (Fsp3) is 0.364. The van der Waals surface area contributed by atoms with Crippen molar-refractivity contribution < 1.29 is 5.11 Å². The number of hydrogen-bond acceptors (Lipinski definition) is 1. The van der Waals surface area contributed by atoms with Crippen molar-refractivity contribution in [3.05, 3.63) is 30.3 Å². The van der Waals surface area contributed by atoms with Crippen molar-refractivity contribution in [3.8, 4) is 0 Å². The van der Waals surface area contributed by atoms with Crippen LogP contribution in [0.25, 0.3) is 0 Å². The van der Waals surface area contributed by atoms with Crippen LogP contribution in [-0.4, -0.2) is 5.48 Å². The molecule has 0 spiro atoms. The molecule has 1 nitrogen and oxygen atoms in total. The molecule has 0 fully saturated rings. The molecule has 0 aliphatic rings. The molecule has 0 amide bonds. The first-order valence-electron chi connectivity index (χ1n) is 4.31. The molecule has 1 rings (SSSR count). The van der Waals surface area contributed by atoms with Crippen molar-refractivity contribution in [1.29, 1.82) is 0 Å². The molecule has 70 valence electrons. The summed E-state index contributed by atoms with van der Waals surface area (Å²) in [4.78, 5) is 0. The maximum absolute atomic E-state index is 11.6. The Kier molecular flexibility index (Phi) is 3.24. The predicted molar refractivity (Wildman–Crippen MR) is 57.5 cm³/mol. The fourth-order valence-corrected chi connectivity index (χ4v) is 1.68. The molecular formula is C11H14OP-. The van der Waals surface area contributed by atoms with Gasteiger partial charge in [-0.3, -0.25) is 0 Å². The van der Waals surface area contributed by atoms with E-state index in [1.165, 1.54) is 0 Å². The first-order valence-corrected chi connectivity index (χ1v) is 5.21. The average molecular weight is 193 g/mol. The van der Waals surface area contributed by atoms with Gasteiger partial charge in [-0.05, 0) is 5.41 Å². The van der Waals surface area contributed by atoms with Crippen LogP contribution < -0.4 is 10.4 Å². The molecule has 0 saturated heterocycles. The zero-order valence-corrected chi connectivity index (χ0v) is 9.14. The smallest absolute Gasteiger partial charge is 0.000503 e. The minimum atomic E-state index is -0.239. The monoisotopic (exact) mass is 193 g/mol. The summed E-state index contributed by atoms with van der Waals surface area (Å²) in [6.07, 6.45) is 0. The highest BCUT2D eigenvalue weighted by molar-refractivity contribution is 7.48. The zero-order chi connectivity index (χ0) is 9.90. The van der Waals surface area contributed by atoms with Crippen LogP contribution in [0.15, 0.2) is 30.3 Å². The Morgan fingerprint density at radius 2 is 1.69 bits per heavy atom. The maximum Gasteiger partial charge on any atom is 0.000503 e. The van der Waals surface area contributed by atoms with Crippen LogP contribution >= 0.6 is 8.20 Å². The quantitative estimate of drug-likeness (QED) is 0.623. The number of hydrogen-bond donors (Lipinski definition) is 0. The Morgan fingerprint density at radius 1 is 1.15 bits per heavy atom. The van der Waals surface area contributed by atoms with Gasteiger partial charge in [0.2, 0.25) is 0 Å². The lowest BCUT2D eigenvalue weighted by Crippen LogP contribution is -2.31. The minimum absolute atomic E-state index is 0.239. The first-order chi connectivity index (χ1) is 6.00. The second-order valence-corrected chi connectivity index (χ2v) is 5.15. The van der Waals surface area contributed by atoms with Gasteiger partial charge in [0.15, 0.2) is 0 Å². The highest BCUT2D eigenvalue weighted by atomic mass is 31.1. The third-order valence-corrected chi connectivity index (χ3v) is 3.06.